The minimum absolute atomic E-state index is 0.0982. The Morgan fingerprint density at radius 3 is 2.74 bits per heavy atom. The van der Waals surface area contributed by atoms with E-state index in [4.69, 9.17) is 13.9 Å². The largest absolute Gasteiger partial charge is 0.496 e. The van der Waals surface area contributed by atoms with Gasteiger partial charge >= 0.3 is 11.6 Å². The zero-order chi connectivity index (χ0) is 14.0. The van der Waals surface area contributed by atoms with Gasteiger partial charge in [-0.3, -0.25) is 0 Å². The molecule has 0 fully saturated rings. The Bertz CT molecular complexity index is 684. The molecule has 0 aliphatic carbocycles. The first-order valence-electron chi connectivity index (χ1n) is 5.87. The first kappa shape index (κ1) is 13.1. The van der Waals surface area contributed by atoms with Crippen molar-refractivity contribution >= 4 is 16.9 Å². The third-order valence-electron chi connectivity index (χ3n) is 2.82. The highest BCUT2D eigenvalue weighted by molar-refractivity contribution is 5.93. The van der Waals surface area contributed by atoms with E-state index in [9.17, 15) is 9.59 Å². The van der Waals surface area contributed by atoms with Crippen LogP contribution < -0.4 is 10.4 Å². The van der Waals surface area contributed by atoms with Gasteiger partial charge in [-0.25, -0.2) is 9.59 Å². The van der Waals surface area contributed by atoms with Crippen LogP contribution in [0.1, 0.15) is 22.8 Å². The van der Waals surface area contributed by atoms with Gasteiger partial charge in [-0.15, -0.1) is 0 Å². The van der Waals surface area contributed by atoms with E-state index >= 15 is 0 Å². The van der Waals surface area contributed by atoms with Gasteiger partial charge in [0.05, 0.1) is 13.7 Å². The number of carbonyl (C=O) groups excluding carboxylic acids is 1. The topological polar surface area (TPSA) is 65.7 Å². The summed E-state index contributed by atoms with van der Waals surface area (Å²) in [5.41, 5.74) is 0.325. The van der Waals surface area contributed by atoms with Crippen LogP contribution in [0.2, 0.25) is 0 Å². The summed E-state index contributed by atoms with van der Waals surface area (Å²) in [6.45, 7) is 3.67. The van der Waals surface area contributed by atoms with Gasteiger partial charge in [0.15, 0.2) is 0 Å². The highest BCUT2D eigenvalue weighted by Gasteiger charge is 2.16. The molecular weight excluding hydrogens is 248 g/mol. The van der Waals surface area contributed by atoms with Crippen LogP contribution in [0.15, 0.2) is 27.4 Å². The number of hydrogen-bond donors (Lipinski definition) is 0. The molecule has 5 heteroatoms. The third kappa shape index (κ3) is 2.31. The van der Waals surface area contributed by atoms with Gasteiger partial charge in [0.2, 0.25) is 0 Å². The number of rotatable bonds is 3. The van der Waals surface area contributed by atoms with Gasteiger partial charge in [-0.1, -0.05) is 0 Å². The van der Waals surface area contributed by atoms with Crippen molar-refractivity contribution in [3.05, 3.63) is 39.7 Å². The van der Waals surface area contributed by atoms with Crippen LogP contribution in [0.25, 0.3) is 11.0 Å². The van der Waals surface area contributed by atoms with Gasteiger partial charge in [-0.2, -0.15) is 0 Å². The Morgan fingerprint density at radius 1 is 1.37 bits per heavy atom. The molecular formula is C14H14O5. The molecule has 0 unspecified atom stereocenters. The fourth-order valence-electron chi connectivity index (χ4n) is 1.88. The zero-order valence-electron chi connectivity index (χ0n) is 11.0. The monoisotopic (exact) mass is 262 g/mol. The number of esters is 1. The van der Waals surface area contributed by atoms with Crippen molar-refractivity contribution < 1.29 is 18.7 Å². The van der Waals surface area contributed by atoms with Crippen LogP contribution in [-0.2, 0) is 4.74 Å². The van der Waals surface area contributed by atoms with Gasteiger partial charge in [-0.05, 0) is 32.0 Å². The number of ether oxygens (including phenoxy) is 2. The van der Waals surface area contributed by atoms with Crippen LogP contribution >= 0.6 is 0 Å². The van der Waals surface area contributed by atoms with Gasteiger partial charge in [0, 0.05) is 10.9 Å². The van der Waals surface area contributed by atoms with E-state index in [1.165, 1.54) is 6.07 Å². The summed E-state index contributed by atoms with van der Waals surface area (Å²) >= 11 is 0. The standard InChI is InChI=1S/C14H14O5/c1-4-18-13(15)10-7-9-5-6-11(17-3)8(2)12(9)19-14(10)16/h5-7H,4H2,1-3H3. The van der Waals surface area contributed by atoms with Gasteiger partial charge < -0.3 is 13.9 Å². The summed E-state index contributed by atoms with van der Waals surface area (Å²) in [7, 11) is 1.54. The van der Waals surface area contributed by atoms with E-state index in [1.54, 1.807) is 33.1 Å². The van der Waals surface area contributed by atoms with E-state index in [2.05, 4.69) is 0 Å². The Labute approximate surface area is 109 Å². The lowest BCUT2D eigenvalue weighted by Gasteiger charge is -2.07. The van der Waals surface area contributed by atoms with Crippen LogP contribution in [0, 0.1) is 6.92 Å². The molecule has 2 rings (SSSR count). The lowest BCUT2D eigenvalue weighted by molar-refractivity contribution is 0.0522. The summed E-state index contributed by atoms with van der Waals surface area (Å²) in [5.74, 6) is -0.0499. The molecule has 1 aromatic carbocycles. The smallest absolute Gasteiger partial charge is 0.351 e. The molecule has 0 atom stereocenters. The molecule has 0 aliphatic rings. The SMILES string of the molecule is CCOC(=O)c1cc2ccc(OC)c(C)c2oc1=O. The molecule has 5 nitrogen and oxygen atoms in total. The molecule has 2 aromatic rings. The fraction of sp³-hybridized carbons (Fsp3) is 0.286. The first-order valence-corrected chi connectivity index (χ1v) is 5.87. The van der Waals surface area contributed by atoms with Gasteiger partial charge in [0.25, 0.3) is 0 Å². The van der Waals surface area contributed by atoms with Crippen molar-refractivity contribution in [2.45, 2.75) is 13.8 Å². The predicted molar refractivity (Wildman–Crippen MR) is 69.7 cm³/mol. The maximum absolute atomic E-state index is 11.8. The fourth-order valence-corrected chi connectivity index (χ4v) is 1.88. The van der Waals surface area contributed by atoms with Crippen LogP contribution in [-0.4, -0.2) is 19.7 Å². The van der Waals surface area contributed by atoms with E-state index < -0.39 is 11.6 Å². The van der Waals surface area contributed by atoms with Crippen molar-refractivity contribution in [1.29, 1.82) is 0 Å². The predicted octanol–water partition coefficient (Wildman–Crippen LogP) is 2.29. The second kappa shape index (κ2) is 5.14. The zero-order valence-corrected chi connectivity index (χ0v) is 11.0. The Hall–Kier alpha value is -2.30. The van der Waals surface area contributed by atoms with Crippen LogP contribution in [0.3, 0.4) is 0 Å². The van der Waals surface area contributed by atoms with Crippen molar-refractivity contribution in [2.75, 3.05) is 13.7 Å². The molecule has 100 valence electrons. The van der Waals surface area contributed by atoms with Crippen molar-refractivity contribution in [2.24, 2.45) is 0 Å². The minimum atomic E-state index is -0.706. The number of aryl methyl sites for hydroxylation is 1. The van der Waals surface area contributed by atoms with E-state index in [1.807, 2.05) is 0 Å². The van der Waals surface area contributed by atoms with Crippen molar-refractivity contribution in [1.82, 2.24) is 0 Å². The molecule has 0 bridgehead atoms. The number of hydrogen-bond acceptors (Lipinski definition) is 5. The Balaban J connectivity index is 2.65. The Kier molecular flexibility index (Phi) is 3.55. The lowest BCUT2D eigenvalue weighted by atomic mass is 10.1. The molecule has 0 saturated heterocycles. The molecule has 0 saturated carbocycles. The maximum Gasteiger partial charge on any atom is 0.351 e. The second-order valence-electron chi connectivity index (χ2n) is 3.98. The second-order valence-corrected chi connectivity index (χ2v) is 3.98. The molecule has 1 heterocycles. The number of fused-ring (bicyclic) bond motifs is 1. The highest BCUT2D eigenvalue weighted by Crippen LogP contribution is 2.26. The average molecular weight is 262 g/mol. The van der Waals surface area contributed by atoms with Crippen LogP contribution in [0.4, 0.5) is 0 Å². The summed E-state index contributed by atoms with van der Waals surface area (Å²) < 4.78 is 15.2. The number of carbonyl (C=O) groups is 1. The number of methoxy groups -OCH3 is 1. The molecule has 0 N–H and O–H groups in total. The maximum atomic E-state index is 11.8. The summed E-state index contributed by atoms with van der Waals surface area (Å²) in [4.78, 5) is 23.4. The molecule has 19 heavy (non-hydrogen) atoms. The minimum Gasteiger partial charge on any atom is -0.496 e. The van der Waals surface area contributed by atoms with E-state index in [0.29, 0.717) is 22.3 Å². The lowest BCUT2D eigenvalue weighted by Crippen LogP contribution is -2.16. The molecule has 1 aromatic heterocycles. The van der Waals surface area contributed by atoms with E-state index in [-0.39, 0.29) is 12.2 Å². The highest BCUT2D eigenvalue weighted by atomic mass is 16.5. The first-order chi connectivity index (χ1) is 9.08. The van der Waals surface area contributed by atoms with E-state index in [0.717, 1.165) is 0 Å². The molecule has 0 radical (unpaired) electrons. The summed E-state index contributed by atoms with van der Waals surface area (Å²) in [5, 5.41) is 0.654. The average Bonchev–Trinajstić information content (AvgIpc) is 2.39. The summed E-state index contributed by atoms with van der Waals surface area (Å²) in [6.07, 6.45) is 0. The van der Waals surface area contributed by atoms with Crippen molar-refractivity contribution in [3.63, 3.8) is 0 Å². The molecule has 0 aliphatic heterocycles. The molecule has 0 spiro atoms. The summed E-state index contributed by atoms with van der Waals surface area (Å²) in [6, 6.07) is 4.96. The normalized spacial score (nSPS) is 10.5. The molecule has 0 amide bonds. The van der Waals surface area contributed by atoms with Gasteiger partial charge in [0.1, 0.15) is 16.9 Å². The number of benzene rings is 1. The van der Waals surface area contributed by atoms with Crippen LogP contribution in [0.5, 0.6) is 5.75 Å². The Morgan fingerprint density at radius 2 is 2.11 bits per heavy atom. The third-order valence-corrected chi connectivity index (χ3v) is 2.82. The quantitative estimate of drug-likeness (QED) is 0.627. The van der Waals surface area contributed by atoms with Crippen molar-refractivity contribution in [3.8, 4) is 5.75 Å².